The molecule has 0 spiro atoms. The zero-order chi connectivity index (χ0) is 21.7. The first-order valence-electron chi connectivity index (χ1n) is 9.95. The summed E-state index contributed by atoms with van der Waals surface area (Å²) in [5.41, 5.74) is 1.97. The van der Waals surface area contributed by atoms with Crippen molar-refractivity contribution in [2.75, 3.05) is 7.11 Å². The third kappa shape index (κ3) is 3.02. The number of aromatic nitrogens is 2. The summed E-state index contributed by atoms with van der Waals surface area (Å²) in [6.07, 6.45) is 1.87. The van der Waals surface area contributed by atoms with Gasteiger partial charge in [-0.1, -0.05) is 41.7 Å². The van der Waals surface area contributed by atoms with Crippen LogP contribution in [0.5, 0.6) is 17.2 Å². The Labute approximate surface area is 185 Å². The Morgan fingerprint density at radius 3 is 2.69 bits per heavy atom. The Bertz CT molecular complexity index is 1660. The number of hydrogen-bond donors (Lipinski definition) is 0. The molecule has 0 saturated heterocycles. The first-order valence-corrected chi connectivity index (χ1v) is 10.8. The number of benzene rings is 3. The fourth-order valence-corrected chi connectivity index (χ4v) is 4.79. The molecule has 0 fully saturated rings. The summed E-state index contributed by atoms with van der Waals surface area (Å²) in [6.45, 7) is 0. The van der Waals surface area contributed by atoms with Crippen molar-refractivity contribution in [1.82, 2.24) is 9.38 Å². The average molecular weight is 440 g/mol. The van der Waals surface area contributed by atoms with Crippen LogP contribution in [0, 0.1) is 0 Å². The minimum absolute atomic E-state index is 0.416. The second kappa shape index (κ2) is 7.25. The van der Waals surface area contributed by atoms with E-state index in [0.717, 1.165) is 32.1 Å². The normalized spacial score (nSPS) is 11.4. The Balaban J connectivity index is 1.42. The number of para-hydroxylation sites is 2. The van der Waals surface area contributed by atoms with Crippen molar-refractivity contribution in [3.63, 3.8) is 0 Å². The summed E-state index contributed by atoms with van der Waals surface area (Å²) in [7, 11) is 1.55. The maximum absolute atomic E-state index is 12.7. The molecule has 0 saturated carbocycles. The summed E-state index contributed by atoms with van der Waals surface area (Å²) in [4.78, 5) is 18.2. The van der Waals surface area contributed by atoms with Crippen molar-refractivity contribution in [2.45, 2.75) is 0 Å². The van der Waals surface area contributed by atoms with Gasteiger partial charge in [-0.3, -0.25) is 4.40 Å². The predicted octanol–water partition coefficient (Wildman–Crippen LogP) is 6.12. The Kier molecular flexibility index (Phi) is 4.22. The molecule has 0 atom stereocenters. The number of nitrogens with zero attached hydrogens (tertiary/aromatic N) is 2. The maximum Gasteiger partial charge on any atom is 0.345 e. The molecule has 0 amide bonds. The zero-order valence-corrected chi connectivity index (χ0v) is 17.8. The van der Waals surface area contributed by atoms with E-state index in [1.165, 1.54) is 11.3 Å². The van der Waals surface area contributed by atoms with Crippen LogP contribution in [0.1, 0.15) is 0 Å². The summed E-state index contributed by atoms with van der Waals surface area (Å²) in [6, 6.07) is 22.9. The molecule has 6 rings (SSSR count). The molecule has 0 bridgehead atoms. The van der Waals surface area contributed by atoms with E-state index in [1.54, 1.807) is 19.2 Å². The van der Waals surface area contributed by atoms with Crippen molar-refractivity contribution in [1.29, 1.82) is 0 Å². The standard InChI is InChI=1S/C25H16N2O4S/c1-29-21-9-5-6-15-12-18(24(28)31-23(15)21)19-14-27-20-11-10-17(13-22(20)32-25(27)26-19)30-16-7-3-2-4-8-16/h2-14H,1H3. The van der Waals surface area contributed by atoms with E-state index in [4.69, 9.17) is 18.9 Å². The van der Waals surface area contributed by atoms with Crippen LogP contribution in [0.15, 0.2) is 88.2 Å². The molecule has 0 N–H and O–H groups in total. The molecule has 3 aromatic carbocycles. The van der Waals surface area contributed by atoms with Crippen LogP contribution in [-0.4, -0.2) is 16.5 Å². The quantitative estimate of drug-likeness (QED) is 0.309. The predicted molar refractivity (Wildman–Crippen MR) is 125 cm³/mol. The lowest BCUT2D eigenvalue weighted by Crippen LogP contribution is -2.03. The maximum atomic E-state index is 12.7. The second-order valence-electron chi connectivity index (χ2n) is 7.25. The molecule has 0 radical (unpaired) electrons. The molecule has 3 heterocycles. The first-order chi connectivity index (χ1) is 15.7. The third-order valence-electron chi connectivity index (χ3n) is 5.26. The highest BCUT2D eigenvalue weighted by Gasteiger charge is 2.16. The highest BCUT2D eigenvalue weighted by atomic mass is 32.1. The molecule has 32 heavy (non-hydrogen) atoms. The summed E-state index contributed by atoms with van der Waals surface area (Å²) in [5.74, 6) is 2.07. The Morgan fingerprint density at radius 1 is 0.969 bits per heavy atom. The number of imidazole rings is 1. The Morgan fingerprint density at radius 2 is 1.84 bits per heavy atom. The minimum atomic E-state index is -0.449. The topological polar surface area (TPSA) is 66.0 Å². The fraction of sp³-hybridized carbons (Fsp3) is 0.0400. The van der Waals surface area contributed by atoms with Crippen LogP contribution in [0.4, 0.5) is 0 Å². The van der Waals surface area contributed by atoms with Crippen LogP contribution in [0.3, 0.4) is 0 Å². The van der Waals surface area contributed by atoms with Gasteiger partial charge in [0.1, 0.15) is 11.5 Å². The van der Waals surface area contributed by atoms with Gasteiger partial charge in [0.25, 0.3) is 0 Å². The van der Waals surface area contributed by atoms with Gasteiger partial charge >= 0.3 is 5.63 Å². The molecule has 0 aliphatic carbocycles. The fourth-order valence-electron chi connectivity index (χ4n) is 3.76. The Hall–Kier alpha value is -4.10. The van der Waals surface area contributed by atoms with Crippen molar-refractivity contribution >= 4 is 37.5 Å². The van der Waals surface area contributed by atoms with Crippen molar-refractivity contribution in [2.24, 2.45) is 0 Å². The van der Waals surface area contributed by atoms with Gasteiger partial charge in [0.15, 0.2) is 16.3 Å². The monoisotopic (exact) mass is 440 g/mol. The van der Waals surface area contributed by atoms with Gasteiger partial charge < -0.3 is 13.9 Å². The van der Waals surface area contributed by atoms with Crippen molar-refractivity contribution in [3.8, 4) is 28.5 Å². The highest BCUT2D eigenvalue weighted by Crippen LogP contribution is 2.33. The SMILES string of the molecule is COc1cccc2cc(-c3cn4c(n3)sc3cc(Oc5ccccc5)ccc34)c(=O)oc12. The van der Waals surface area contributed by atoms with E-state index in [9.17, 15) is 4.79 Å². The molecular weight excluding hydrogens is 424 g/mol. The van der Waals surface area contributed by atoms with Gasteiger partial charge in [-0.2, -0.15) is 0 Å². The van der Waals surface area contributed by atoms with Gasteiger partial charge in [0, 0.05) is 17.6 Å². The van der Waals surface area contributed by atoms with Gasteiger partial charge in [-0.05, 0) is 36.4 Å². The lowest BCUT2D eigenvalue weighted by Gasteiger charge is -2.05. The first kappa shape index (κ1) is 18.7. The number of fused-ring (bicyclic) bond motifs is 4. The van der Waals surface area contributed by atoms with E-state index in [0.29, 0.717) is 22.6 Å². The number of hydrogen-bond acceptors (Lipinski definition) is 6. The minimum Gasteiger partial charge on any atom is -0.493 e. The lowest BCUT2D eigenvalue weighted by atomic mass is 10.1. The molecular formula is C25H16N2O4S. The van der Waals surface area contributed by atoms with E-state index < -0.39 is 5.63 Å². The summed E-state index contributed by atoms with van der Waals surface area (Å²) in [5, 5.41) is 0.780. The zero-order valence-electron chi connectivity index (χ0n) is 16.9. The molecule has 6 aromatic rings. The largest absolute Gasteiger partial charge is 0.493 e. The van der Waals surface area contributed by atoms with Crippen LogP contribution in [-0.2, 0) is 0 Å². The van der Waals surface area contributed by atoms with Gasteiger partial charge in [0.2, 0.25) is 0 Å². The van der Waals surface area contributed by atoms with Gasteiger partial charge in [-0.25, -0.2) is 9.78 Å². The molecule has 6 nitrogen and oxygen atoms in total. The van der Waals surface area contributed by atoms with E-state index in [2.05, 4.69) is 0 Å². The number of methoxy groups -OCH3 is 1. The smallest absolute Gasteiger partial charge is 0.345 e. The van der Waals surface area contributed by atoms with Crippen LogP contribution in [0.25, 0.3) is 37.4 Å². The molecule has 0 aliphatic rings. The average Bonchev–Trinajstić information content (AvgIpc) is 3.36. The lowest BCUT2D eigenvalue weighted by molar-refractivity contribution is 0.407. The van der Waals surface area contributed by atoms with E-state index in [-0.39, 0.29) is 0 Å². The molecule has 156 valence electrons. The van der Waals surface area contributed by atoms with Crippen LogP contribution >= 0.6 is 11.3 Å². The molecule has 7 heteroatoms. The second-order valence-corrected chi connectivity index (χ2v) is 8.26. The summed E-state index contributed by atoms with van der Waals surface area (Å²) >= 11 is 1.54. The number of ether oxygens (including phenoxy) is 2. The summed E-state index contributed by atoms with van der Waals surface area (Å²) < 4.78 is 19.8. The third-order valence-corrected chi connectivity index (χ3v) is 6.28. The molecule has 3 aromatic heterocycles. The van der Waals surface area contributed by atoms with Crippen molar-refractivity contribution < 1.29 is 13.9 Å². The van der Waals surface area contributed by atoms with Gasteiger partial charge in [0.05, 0.1) is 28.6 Å². The van der Waals surface area contributed by atoms with Gasteiger partial charge in [-0.15, -0.1) is 0 Å². The van der Waals surface area contributed by atoms with E-state index >= 15 is 0 Å². The molecule has 0 unspecified atom stereocenters. The van der Waals surface area contributed by atoms with Crippen LogP contribution < -0.4 is 15.1 Å². The molecule has 0 aliphatic heterocycles. The number of rotatable bonds is 4. The highest BCUT2D eigenvalue weighted by molar-refractivity contribution is 7.23. The van der Waals surface area contributed by atoms with Crippen molar-refractivity contribution in [3.05, 3.63) is 89.4 Å². The number of thiazole rings is 1. The van der Waals surface area contributed by atoms with E-state index in [1.807, 2.05) is 71.3 Å². The van der Waals surface area contributed by atoms with Crippen LogP contribution in [0.2, 0.25) is 0 Å².